The number of esters is 1. The molecule has 0 heterocycles. The summed E-state index contributed by atoms with van der Waals surface area (Å²) in [6.45, 7) is 11.8. The van der Waals surface area contributed by atoms with Gasteiger partial charge in [-0.1, -0.05) is 32.0 Å². The predicted octanol–water partition coefficient (Wildman–Crippen LogP) is 5.01. The number of nitrogens with one attached hydrogen (secondary N) is 1. The average Bonchev–Trinajstić information content (AvgIpc) is 2.63. The minimum Gasteiger partial charge on any atom is -0.481 e. The molecule has 2 rings (SSSR count). The van der Waals surface area contributed by atoms with Crippen molar-refractivity contribution in [1.82, 2.24) is 0 Å². The van der Waals surface area contributed by atoms with Gasteiger partial charge in [0.05, 0.1) is 12.2 Å². The van der Waals surface area contributed by atoms with E-state index in [9.17, 15) is 9.59 Å². The molecule has 2 aromatic rings. The number of rotatable bonds is 7. The molecule has 2 aromatic carbocycles. The number of carbonyl (C=O) groups excluding carboxylic acids is 2. The van der Waals surface area contributed by atoms with E-state index in [0.717, 1.165) is 22.4 Å². The molecule has 1 atom stereocenters. The van der Waals surface area contributed by atoms with E-state index in [4.69, 9.17) is 9.47 Å². The van der Waals surface area contributed by atoms with Gasteiger partial charge in [0.15, 0.2) is 6.10 Å². The van der Waals surface area contributed by atoms with Crippen molar-refractivity contribution < 1.29 is 19.1 Å². The van der Waals surface area contributed by atoms with Crippen molar-refractivity contribution in [2.45, 2.75) is 53.6 Å². The third-order valence-electron chi connectivity index (χ3n) is 4.47. The Morgan fingerprint density at radius 3 is 2.39 bits per heavy atom. The molecule has 0 unspecified atom stereocenters. The fourth-order valence-electron chi connectivity index (χ4n) is 2.80. The van der Waals surface area contributed by atoms with Gasteiger partial charge in [0.2, 0.25) is 0 Å². The number of benzene rings is 2. The van der Waals surface area contributed by atoms with Gasteiger partial charge in [0.1, 0.15) is 5.75 Å². The number of ether oxygens (including phenoxy) is 2. The van der Waals surface area contributed by atoms with Gasteiger partial charge < -0.3 is 14.8 Å². The fraction of sp³-hybridized carbons (Fsp3) is 0.391. The summed E-state index contributed by atoms with van der Waals surface area (Å²) in [6.07, 6.45) is -0.690. The molecule has 0 bridgehead atoms. The molecular weight excluding hydrogens is 354 g/mol. The molecule has 28 heavy (non-hydrogen) atoms. The number of hydrogen-bond donors (Lipinski definition) is 1. The van der Waals surface area contributed by atoms with E-state index in [2.05, 4.69) is 19.2 Å². The van der Waals surface area contributed by atoms with E-state index >= 15 is 0 Å². The van der Waals surface area contributed by atoms with Crippen molar-refractivity contribution in [2.24, 2.45) is 0 Å². The summed E-state index contributed by atoms with van der Waals surface area (Å²) in [6, 6.07) is 11.1. The second-order valence-corrected chi connectivity index (χ2v) is 7.20. The van der Waals surface area contributed by atoms with E-state index in [-0.39, 0.29) is 11.8 Å². The number of anilines is 1. The Balaban J connectivity index is 2.16. The zero-order valence-electron chi connectivity index (χ0n) is 17.5. The van der Waals surface area contributed by atoms with Crippen LogP contribution in [0.4, 0.5) is 5.69 Å². The molecule has 1 N–H and O–H groups in total. The summed E-state index contributed by atoms with van der Waals surface area (Å²) in [7, 11) is 0. The summed E-state index contributed by atoms with van der Waals surface area (Å²) in [5.74, 6) is 0.313. The quantitative estimate of drug-likeness (QED) is 0.683. The van der Waals surface area contributed by atoms with E-state index in [1.54, 1.807) is 32.0 Å². The summed E-state index contributed by atoms with van der Waals surface area (Å²) >= 11 is 0. The summed E-state index contributed by atoms with van der Waals surface area (Å²) < 4.78 is 11.0. The number of amides is 1. The van der Waals surface area contributed by atoms with Crippen LogP contribution in [0.3, 0.4) is 0 Å². The van der Waals surface area contributed by atoms with Crippen molar-refractivity contribution in [3.63, 3.8) is 0 Å². The lowest BCUT2D eigenvalue weighted by atomic mass is 10.0. The Labute approximate surface area is 167 Å². The Kier molecular flexibility index (Phi) is 7.21. The van der Waals surface area contributed by atoms with Crippen LogP contribution in [0.2, 0.25) is 0 Å². The highest BCUT2D eigenvalue weighted by atomic mass is 16.5. The molecular formula is C23H29NO4. The summed E-state index contributed by atoms with van der Waals surface area (Å²) in [4.78, 5) is 24.6. The van der Waals surface area contributed by atoms with Gasteiger partial charge in [-0.2, -0.15) is 0 Å². The molecule has 0 aromatic heterocycles. The lowest BCUT2D eigenvalue weighted by molar-refractivity contribution is -0.122. The predicted molar refractivity (Wildman–Crippen MR) is 111 cm³/mol. The normalized spacial score (nSPS) is 11.8. The van der Waals surface area contributed by atoms with E-state index in [1.807, 2.05) is 32.0 Å². The highest BCUT2D eigenvalue weighted by Gasteiger charge is 2.19. The molecule has 0 aliphatic carbocycles. The Morgan fingerprint density at radius 1 is 1.04 bits per heavy atom. The van der Waals surface area contributed by atoms with Crippen LogP contribution in [0.15, 0.2) is 36.4 Å². The van der Waals surface area contributed by atoms with Crippen molar-refractivity contribution in [1.29, 1.82) is 0 Å². The first-order valence-electron chi connectivity index (χ1n) is 9.58. The van der Waals surface area contributed by atoms with Gasteiger partial charge in [-0.25, -0.2) is 4.79 Å². The highest BCUT2D eigenvalue weighted by Crippen LogP contribution is 2.28. The second kappa shape index (κ2) is 9.40. The number of hydrogen-bond acceptors (Lipinski definition) is 4. The maximum absolute atomic E-state index is 12.7. The van der Waals surface area contributed by atoms with Crippen LogP contribution in [0.1, 0.15) is 60.7 Å². The van der Waals surface area contributed by atoms with Crippen molar-refractivity contribution in [3.05, 3.63) is 58.7 Å². The van der Waals surface area contributed by atoms with Gasteiger partial charge in [0.25, 0.3) is 5.91 Å². The van der Waals surface area contributed by atoms with Crippen LogP contribution in [-0.2, 0) is 9.53 Å². The molecule has 150 valence electrons. The topological polar surface area (TPSA) is 64.6 Å². The van der Waals surface area contributed by atoms with Gasteiger partial charge in [-0.15, -0.1) is 0 Å². The van der Waals surface area contributed by atoms with Crippen LogP contribution in [0.5, 0.6) is 5.75 Å². The minimum atomic E-state index is -0.690. The average molecular weight is 383 g/mol. The monoisotopic (exact) mass is 383 g/mol. The highest BCUT2D eigenvalue weighted by molar-refractivity contribution is 5.97. The Bertz CT molecular complexity index is 858. The minimum absolute atomic E-state index is 0.277. The van der Waals surface area contributed by atoms with Gasteiger partial charge >= 0.3 is 5.97 Å². The maximum atomic E-state index is 12.7. The Hall–Kier alpha value is -2.82. The van der Waals surface area contributed by atoms with Crippen LogP contribution in [0, 0.1) is 13.8 Å². The van der Waals surface area contributed by atoms with Crippen molar-refractivity contribution >= 4 is 17.6 Å². The van der Waals surface area contributed by atoms with E-state index in [0.29, 0.717) is 17.9 Å². The van der Waals surface area contributed by atoms with Gasteiger partial charge in [-0.05, 0) is 68.5 Å². The maximum Gasteiger partial charge on any atom is 0.338 e. The fourth-order valence-corrected chi connectivity index (χ4v) is 2.80. The lowest BCUT2D eigenvalue weighted by Gasteiger charge is -2.20. The molecule has 0 saturated heterocycles. The SMILES string of the molecule is CCOC(=O)c1ccc(C)c(NC(=O)[C@@H](C)Oc2cc(C)ccc2C(C)C)c1. The molecule has 5 heteroatoms. The standard InChI is InChI=1S/C23H29NO4/c1-7-27-23(26)18-10-9-16(5)20(13-18)24-22(25)17(6)28-21-12-15(4)8-11-19(21)14(2)3/h8-14,17H,7H2,1-6H3,(H,24,25)/t17-/m1/s1. The van der Waals surface area contributed by atoms with Crippen LogP contribution in [-0.4, -0.2) is 24.6 Å². The zero-order chi connectivity index (χ0) is 20.8. The molecule has 0 saturated carbocycles. The third-order valence-corrected chi connectivity index (χ3v) is 4.47. The van der Waals surface area contributed by atoms with E-state index < -0.39 is 12.1 Å². The van der Waals surface area contributed by atoms with E-state index in [1.165, 1.54) is 0 Å². The largest absolute Gasteiger partial charge is 0.481 e. The first-order chi connectivity index (χ1) is 13.2. The summed E-state index contributed by atoms with van der Waals surface area (Å²) in [5, 5.41) is 2.86. The number of aryl methyl sites for hydroxylation is 2. The van der Waals surface area contributed by atoms with Crippen LogP contribution < -0.4 is 10.1 Å². The third kappa shape index (κ3) is 5.35. The molecule has 0 radical (unpaired) electrons. The smallest absolute Gasteiger partial charge is 0.338 e. The number of carbonyl (C=O) groups is 2. The lowest BCUT2D eigenvalue weighted by Crippen LogP contribution is -2.30. The molecule has 0 aliphatic rings. The van der Waals surface area contributed by atoms with Crippen molar-refractivity contribution in [3.8, 4) is 5.75 Å². The summed E-state index contributed by atoms with van der Waals surface area (Å²) in [5.41, 5.74) is 3.96. The molecule has 5 nitrogen and oxygen atoms in total. The Morgan fingerprint density at radius 2 is 1.75 bits per heavy atom. The van der Waals surface area contributed by atoms with Crippen LogP contribution >= 0.6 is 0 Å². The molecule has 0 fully saturated rings. The van der Waals surface area contributed by atoms with Gasteiger partial charge in [-0.3, -0.25) is 4.79 Å². The van der Waals surface area contributed by atoms with Crippen LogP contribution in [0.25, 0.3) is 0 Å². The first-order valence-corrected chi connectivity index (χ1v) is 9.58. The second-order valence-electron chi connectivity index (χ2n) is 7.20. The molecule has 1 amide bonds. The van der Waals surface area contributed by atoms with Gasteiger partial charge in [0, 0.05) is 5.69 Å². The molecule has 0 spiro atoms. The first kappa shape index (κ1) is 21.5. The molecule has 0 aliphatic heterocycles. The van der Waals surface area contributed by atoms with Crippen molar-refractivity contribution in [2.75, 3.05) is 11.9 Å². The zero-order valence-corrected chi connectivity index (χ0v) is 17.5.